The van der Waals surface area contributed by atoms with Gasteiger partial charge in [-0.25, -0.2) is 14.5 Å². The van der Waals surface area contributed by atoms with Crippen LogP contribution >= 0.6 is 0 Å². The van der Waals surface area contributed by atoms with Crippen molar-refractivity contribution in [2.75, 3.05) is 6.61 Å². The minimum atomic E-state index is -1.11. The topological polar surface area (TPSA) is 127 Å². The second-order valence-corrected chi connectivity index (χ2v) is 5.75. The smallest absolute Gasteiger partial charge is 0.432 e. The highest BCUT2D eigenvalue weighted by molar-refractivity contribution is 6.01. The minimum Gasteiger partial charge on any atom is -0.432 e. The number of amides is 2. The van der Waals surface area contributed by atoms with Crippen molar-refractivity contribution >= 4 is 29.7 Å². The summed E-state index contributed by atoms with van der Waals surface area (Å²) in [5, 5.41) is 13.6. The first-order valence-electron chi connectivity index (χ1n) is 8.33. The highest BCUT2D eigenvalue weighted by Crippen LogP contribution is 2.14. The molecule has 1 fully saturated rings. The van der Waals surface area contributed by atoms with E-state index in [4.69, 9.17) is 4.74 Å². The Balaban J connectivity index is 1.55. The van der Waals surface area contributed by atoms with E-state index < -0.39 is 18.0 Å². The average Bonchev–Trinajstić information content (AvgIpc) is 3.32. The molecular weight excluding hydrogens is 366 g/mol. The molecule has 28 heavy (non-hydrogen) atoms. The summed E-state index contributed by atoms with van der Waals surface area (Å²) in [6.07, 6.45) is 3.71. The van der Waals surface area contributed by atoms with Gasteiger partial charge in [0, 0.05) is 19.3 Å². The first-order chi connectivity index (χ1) is 13.6. The Morgan fingerprint density at radius 1 is 1.29 bits per heavy atom. The van der Waals surface area contributed by atoms with Gasteiger partial charge in [-0.15, -0.1) is 0 Å². The Morgan fingerprint density at radius 3 is 2.75 bits per heavy atom. The number of nitriles is 1. The predicted octanol–water partition coefficient (Wildman–Crippen LogP) is 1.56. The molecular formula is C18H15N5O5. The van der Waals surface area contributed by atoms with E-state index in [2.05, 4.69) is 14.9 Å². The number of imide groups is 1. The fourth-order valence-corrected chi connectivity index (χ4v) is 2.49. The van der Waals surface area contributed by atoms with Crippen molar-refractivity contribution in [2.45, 2.75) is 19.3 Å². The Bertz CT molecular complexity index is 945. The SMILES string of the molecule is N#CC(=Cc1cccc(CCOC(=O)ON2C(=O)CCC2=O)c1)n1cncn1. The van der Waals surface area contributed by atoms with Crippen molar-refractivity contribution in [2.24, 2.45) is 0 Å². The normalized spacial score (nSPS) is 14.1. The number of allylic oxidation sites excluding steroid dienone is 1. The monoisotopic (exact) mass is 381 g/mol. The van der Waals surface area contributed by atoms with E-state index in [9.17, 15) is 19.6 Å². The molecule has 0 aliphatic carbocycles. The number of carbonyl (C=O) groups excluding carboxylic acids is 3. The molecule has 10 nitrogen and oxygen atoms in total. The van der Waals surface area contributed by atoms with Gasteiger partial charge in [-0.3, -0.25) is 14.4 Å². The molecule has 2 aromatic rings. The molecule has 2 amide bonds. The van der Waals surface area contributed by atoms with Gasteiger partial charge < -0.3 is 4.74 Å². The van der Waals surface area contributed by atoms with E-state index >= 15 is 0 Å². The van der Waals surface area contributed by atoms with Crippen LogP contribution in [0.1, 0.15) is 24.0 Å². The van der Waals surface area contributed by atoms with Crippen molar-refractivity contribution in [3.05, 3.63) is 48.0 Å². The fourth-order valence-electron chi connectivity index (χ4n) is 2.49. The molecule has 0 radical (unpaired) electrons. The van der Waals surface area contributed by atoms with Crippen LogP contribution in [0.2, 0.25) is 0 Å². The van der Waals surface area contributed by atoms with Crippen LogP contribution in [-0.2, 0) is 25.6 Å². The van der Waals surface area contributed by atoms with Gasteiger partial charge in [0.05, 0.1) is 6.61 Å². The van der Waals surface area contributed by atoms with Gasteiger partial charge in [0.2, 0.25) is 0 Å². The third-order valence-electron chi connectivity index (χ3n) is 3.82. The molecule has 0 atom stereocenters. The molecule has 1 aliphatic heterocycles. The number of carbonyl (C=O) groups is 3. The quantitative estimate of drug-likeness (QED) is 0.419. The maximum Gasteiger partial charge on any atom is 0.533 e. The molecule has 0 saturated carbocycles. The van der Waals surface area contributed by atoms with E-state index in [1.165, 1.54) is 17.3 Å². The minimum absolute atomic E-state index is 0.00357. The van der Waals surface area contributed by atoms with Gasteiger partial charge in [0.15, 0.2) is 0 Å². The van der Waals surface area contributed by atoms with Crippen LogP contribution in [0, 0.1) is 11.3 Å². The maximum absolute atomic E-state index is 11.6. The van der Waals surface area contributed by atoms with E-state index in [1.807, 2.05) is 24.3 Å². The lowest BCUT2D eigenvalue weighted by Crippen LogP contribution is -2.32. The number of hydroxylamine groups is 2. The zero-order valence-corrected chi connectivity index (χ0v) is 14.6. The molecule has 0 spiro atoms. The summed E-state index contributed by atoms with van der Waals surface area (Å²) in [4.78, 5) is 42.8. The second kappa shape index (κ2) is 8.59. The van der Waals surface area contributed by atoms with Crippen LogP contribution < -0.4 is 0 Å². The summed E-state index contributed by atoms with van der Waals surface area (Å²) in [6, 6.07) is 9.33. The lowest BCUT2D eigenvalue weighted by molar-refractivity contribution is -0.177. The summed E-state index contributed by atoms with van der Waals surface area (Å²) >= 11 is 0. The number of benzene rings is 1. The van der Waals surface area contributed by atoms with Gasteiger partial charge >= 0.3 is 6.16 Å². The van der Waals surface area contributed by atoms with Crippen molar-refractivity contribution in [3.63, 3.8) is 0 Å². The summed E-state index contributed by atoms with van der Waals surface area (Å²) in [7, 11) is 0. The molecule has 1 aromatic heterocycles. The largest absolute Gasteiger partial charge is 0.533 e. The van der Waals surface area contributed by atoms with E-state index in [0.717, 1.165) is 11.1 Å². The summed E-state index contributed by atoms with van der Waals surface area (Å²) in [6.45, 7) is -0.00357. The lowest BCUT2D eigenvalue weighted by atomic mass is 10.1. The maximum atomic E-state index is 11.6. The molecule has 2 heterocycles. The Labute approximate surface area is 159 Å². The van der Waals surface area contributed by atoms with Gasteiger partial charge in [-0.05, 0) is 17.2 Å². The number of hydrogen-bond donors (Lipinski definition) is 0. The summed E-state index contributed by atoms with van der Waals surface area (Å²) < 4.78 is 6.26. The van der Waals surface area contributed by atoms with Crippen molar-refractivity contribution < 1.29 is 24.0 Å². The van der Waals surface area contributed by atoms with Crippen molar-refractivity contribution in [1.82, 2.24) is 19.8 Å². The number of ether oxygens (including phenoxy) is 1. The Kier molecular flexibility index (Phi) is 5.76. The Morgan fingerprint density at radius 2 is 2.07 bits per heavy atom. The molecule has 0 bridgehead atoms. The van der Waals surface area contributed by atoms with Crippen LogP contribution in [0.15, 0.2) is 36.9 Å². The molecule has 10 heteroatoms. The van der Waals surface area contributed by atoms with Crippen molar-refractivity contribution in [1.29, 1.82) is 5.26 Å². The van der Waals surface area contributed by atoms with Gasteiger partial charge in [-0.2, -0.15) is 10.4 Å². The standard InChI is InChI=1S/C18H15N5O5/c19-10-15(22-12-20-11-21-22)9-14-3-1-2-13(8-14)6-7-27-18(26)28-23-16(24)4-5-17(23)25/h1-3,8-9,11-12H,4-7H2. The second-order valence-electron chi connectivity index (χ2n) is 5.75. The fraction of sp³-hybridized carbons (Fsp3) is 0.222. The van der Waals surface area contributed by atoms with Gasteiger partial charge in [-0.1, -0.05) is 29.3 Å². The van der Waals surface area contributed by atoms with Crippen LogP contribution in [0.25, 0.3) is 11.8 Å². The molecule has 142 valence electrons. The van der Waals surface area contributed by atoms with Gasteiger partial charge in [0.1, 0.15) is 24.4 Å². The summed E-state index contributed by atoms with van der Waals surface area (Å²) in [5.74, 6) is -1.13. The average molecular weight is 381 g/mol. The molecule has 1 aliphatic rings. The van der Waals surface area contributed by atoms with Crippen LogP contribution in [-0.4, -0.2) is 44.4 Å². The highest BCUT2D eigenvalue weighted by atomic mass is 16.8. The molecule has 0 N–H and O–H groups in total. The van der Waals surface area contributed by atoms with Crippen molar-refractivity contribution in [3.8, 4) is 6.07 Å². The predicted molar refractivity (Wildman–Crippen MR) is 93.5 cm³/mol. The molecule has 0 unspecified atom stereocenters. The number of nitrogens with zero attached hydrogens (tertiary/aromatic N) is 5. The molecule has 1 aromatic carbocycles. The Hall–Kier alpha value is -4.00. The van der Waals surface area contributed by atoms with E-state index in [-0.39, 0.29) is 19.4 Å². The zero-order chi connectivity index (χ0) is 19.9. The molecule has 1 saturated heterocycles. The third kappa shape index (κ3) is 4.59. The lowest BCUT2D eigenvalue weighted by Gasteiger charge is -2.12. The van der Waals surface area contributed by atoms with Crippen LogP contribution in [0.5, 0.6) is 0 Å². The van der Waals surface area contributed by atoms with E-state index in [1.54, 1.807) is 12.1 Å². The number of rotatable bonds is 6. The number of aromatic nitrogens is 3. The first-order valence-corrected chi connectivity index (χ1v) is 8.33. The summed E-state index contributed by atoms with van der Waals surface area (Å²) in [5.41, 5.74) is 1.92. The first kappa shape index (κ1) is 18.8. The molecule has 3 rings (SSSR count). The van der Waals surface area contributed by atoms with Gasteiger partial charge in [0.25, 0.3) is 11.8 Å². The zero-order valence-electron chi connectivity index (χ0n) is 14.6. The highest BCUT2D eigenvalue weighted by Gasteiger charge is 2.33. The number of hydrogen-bond acceptors (Lipinski definition) is 8. The third-order valence-corrected chi connectivity index (χ3v) is 3.82. The van der Waals surface area contributed by atoms with E-state index in [0.29, 0.717) is 17.2 Å². The van der Waals surface area contributed by atoms with Crippen LogP contribution in [0.4, 0.5) is 4.79 Å². The van der Waals surface area contributed by atoms with Crippen LogP contribution in [0.3, 0.4) is 0 Å².